The minimum absolute atomic E-state index is 0.0154. The highest BCUT2D eigenvalue weighted by atomic mass is 79.9. The summed E-state index contributed by atoms with van der Waals surface area (Å²) in [6.07, 6.45) is 0. The molecule has 0 atom stereocenters. The predicted molar refractivity (Wildman–Crippen MR) is 79.1 cm³/mol. The van der Waals surface area contributed by atoms with E-state index in [9.17, 15) is 4.39 Å². The number of aliphatic hydroxyl groups is 1. The van der Waals surface area contributed by atoms with Crippen LogP contribution in [0.1, 0.15) is 12.5 Å². The van der Waals surface area contributed by atoms with E-state index in [-0.39, 0.29) is 12.4 Å². The van der Waals surface area contributed by atoms with Gasteiger partial charge in [-0.3, -0.25) is 0 Å². The maximum atomic E-state index is 13.0. The van der Waals surface area contributed by atoms with Crippen molar-refractivity contribution < 1.29 is 9.50 Å². The lowest BCUT2D eigenvalue weighted by molar-refractivity contribution is 0.282. The first-order valence-corrected chi connectivity index (χ1v) is 6.87. The van der Waals surface area contributed by atoms with E-state index in [2.05, 4.69) is 20.8 Å². The largest absolute Gasteiger partial charge is 0.392 e. The average Bonchev–Trinajstić information content (AvgIpc) is 2.43. The molecule has 0 saturated heterocycles. The van der Waals surface area contributed by atoms with Crippen LogP contribution in [0.2, 0.25) is 0 Å². The average molecular weight is 324 g/mol. The number of rotatable bonds is 4. The first-order chi connectivity index (χ1) is 9.15. The van der Waals surface area contributed by atoms with Gasteiger partial charge < -0.3 is 10.0 Å². The van der Waals surface area contributed by atoms with Crippen LogP contribution in [0, 0.1) is 5.82 Å². The molecule has 0 aliphatic heterocycles. The van der Waals surface area contributed by atoms with Crippen LogP contribution in [-0.4, -0.2) is 11.7 Å². The smallest absolute Gasteiger partial charge is 0.123 e. The summed E-state index contributed by atoms with van der Waals surface area (Å²) in [5.74, 6) is -0.241. The first-order valence-electron chi connectivity index (χ1n) is 6.08. The summed E-state index contributed by atoms with van der Waals surface area (Å²) in [7, 11) is 0. The standard InChI is InChI=1S/C15H15BrFNO/c1-2-18(13-6-4-12(17)5-7-13)15-8-3-11(10-19)9-14(15)16/h3-9,19H,2,10H2,1H3. The Labute approximate surface area is 120 Å². The summed E-state index contributed by atoms with van der Waals surface area (Å²) in [4.78, 5) is 2.07. The minimum Gasteiger partial charge on any atom is -0.392 e. The molecule has 2 nitrogen and oxygen atoms in total. The lowest BCUT2D eigenvalue weighted by Gasteiger charge is -2.24. The fraction of sp³-hybridized carbons (Fsp3) is 0.200. The fourth-order valence-corrected chi connectivity index (χ4v) is 2.62. The quantitative estimate of drug-likeness (QED) is 0.909. The summed E-state index contributed by atoms with van der Waals surface area (Å²) >= 11 is 3.51. The monoisotopic (exact) mass is 323 g/mol. The van der Waals surface area contributed by atoms with Crippen molar-refractivity contribution in [3.05, 3.63) is 58.3 Å². The Hall–Kier alpha value is -1.39. The molecule has 0 unspecified atom stereocenters. The van der Waals surface area contributed by atoms with Gasteiger partial charge in [-0.25, -0.2) is 4.39 Å². The molecule has 0 aliphatic rings. The summed E-state index contributed by atoms with van der Waals surface area (Å²) in [5.41, 5.74) is 2.78. The van der Waals surface area contributed by atoms with E-state index in [4.69, 9.17) is 5.11 Å². The molecule has 2 aromatic rings. The highest BCUT2D eigenvalue weighted by molar-refractivity contribution is 9.10. The topological polar surface area (TPSA) is 23.5 Å². The zero-order valence-corrected chi connectivity index (χ0v) is 12.2. The van der Waals surface area contributed by atoms with E-state index in [1.807, 2.05) is 25.1 Å². The van der Waals surface area contributed by atoms with Crippen LogP contribution in [0.5, 0.6) is 0 Å². The Kier molecular flexibility index (Phi) is 4.56. The summed E-state index contributed by atoms with van der Waals surface area (Å²) in [6, 6.07) is 12.1. The third-order valence-corrected chi connectivity index (χ3v) is 3.58. The van der Waals surface area contributed by atoms with Gasteiger partial charge in [0, 0.05) is 16.7 Å². The van der Waals surface area contributed by atoms with Crippen LogP contribution in [0.15, 0.2) is 46.9 Å². The Balaban J connectivity index is 2.39. The number of hydrogen-bond acceptors (Lipinski definition) is 2. The molecule has 4 heteroatoms. The van der Waals surface area contributed by atoms with Crippen LogP contribution < -0.4 is 4.90 Å². The fourth-order valence-electron chi connectivity index (χ4n) is 1.98. The molecule has 0 aromatic heterocycles. The third-order valence-electron chi connectivity index (χ3n) is 2.94. The molecule has 19 heavy (non-hydrogen) atoms. The molecule has 0 aliphatic carbocycles. The van der Waals surface area contributed by atoms with Crippen LogP contribution in [0.3, 0.4) is 0 Å². The number of halogens is 2. The van der Waals surface area contributed by atoms with Gasteiger partial charge in [-0.1, -0.05) is 6.07 Å². The van der Waals surface area contributed by atoms with E-state index in [1.54, 1.807) is 12.1 Å². The van der Waals surface area contributed by atoms with Crippen LogP contribution in [0.25, 0.3) is 0 Å². The van der Waals surface area contributed by atoms with Crippen molar-refractivity contribution in [2.24, 2.45) is 0 Å². The zero-order chi connectivity index (χ0) is 13.8. The molecule has 0 spiro atoms. The van der Waals surface area contributed by atoms with Gasteiger partial charge >= 0.3 is 0 Å². The Morgan fingerprint density at radius 3 is 2.37 bits per heavy atom. The SMILES string of the molecule is CCN(c1ccc(F)cc1)c1ccc(CO)cc1Br. The molecule has 0 radical (unpaired) electrons. The molecular formula is C15H15BrFNO. The molecule has 2 aromatic carbocycles. The van der Waals surface area contributed by atoms with E-state index in [1.165, 1.54) is 12.1 Å². The Morgan fingerprint density at radius 1 is 1.16 bits per heavy atom. The third kappa shape index (κ3) is 3.14. The highest BCUT2D eigenvalue weighted by Gasteiger charge is 2.11. The molecule has 0 heterocycles. The molecule has 1 N–H and O–H groups in total. The zero-order valence-electron chi connectivity index (χ0n) is 10.6. The van der Waals surface area contributed by atoms with Crippen molar-refractivity contribution in [1.29, 1.82) is 0 Å². The second-order valence-corrected chi connectivity index (χ2v) is 5.02. The first kappa shape index (κ1) is 14.0. The van der Waals surface area contributed by atoms with E-state index >= 15 is 0 Å². The van der Waals surface area contributed by atoms with E-state index < -0.39 is 0 Å². The van der Waals surface area contributed by atoms with Crippen molar-refractivity contribution in [1.82, 2.24) is 0 Å². The van der Waals surface area contributed by atoms with Gasteiger partial charge in [-0.05, 0) is 64.8 Å². The molecule has 0 fully saturated rings. The van der Waals surface area contributed by atoms with E-state index in [0.717, 1.165) is 28.0 Å². The number of hydrogen-bond donors (Lipinski definition) is 1. The van der Waals surface area contributed by atoms with E-state index in [0.29, 0.717) is 0 Å². The van der Waals surface area contributed by atoms with Crippen LogP contribution in [0.4, 0.5) is 15.8 Å². The van der Waals surface area contributed by atoms with Gasteiger partial charge in [-0.15, -0.1) is 0 Å². The maximum Gasteiger partial charge on any atom is 0.123 e. The number of anilines is 2. The van der Waals surface area contributed by atoms with Gasteiger partial charge in [0.15, 0.2) is 0 Å². The molecule has 100 valence electrons. The normalized spacial score (nSPS) is 10.5. The maximum absolute atomic E-state index is 13.0. The number of benzene rings is 2. The van der Waals surface area contributed by atoms with Gasteiger partial charge in [0.05, 0.1) is 12.3 Å². The van der Waals surface area contributed by atoms with Crippen molar-refractivity contribution in [3.63, 3.8) is 0 Å². The number of aliphatic hydroxyl groups excluding tert-OH is 1. The second-order valence-electron chi connectivity index (χ2n) is 4.16. The molecule has 0 amide bonds. The Morgan fingerprint density at radius 2 is 1.84 bits per heavy atom. The summed E-state index contributed by atoms with van der Waals surface area (Å²) in [5, 5.41) is 9.12. The van der Waals surface area contributed by atoms with Crippen LogP contribution >= 0.6 is 15.9 Å². The molecule has 2 rings (SSSR count). The summed E-state index contributed by atoms with van der Waals surface area (Å²) < 4.78 is 13.9. The molecule has 0 saturated carbocycles. The molecular weight excluding hydrogens is 309 g/mol. The van der Waals surface area contributed by atoms with Gasteiger partial charge in [-0.2, -0.15) is 0 Å². The minimum atomic E-state index is -0.241. The van der Waals surface area contributed by atoms with Crippen molar-refractivity contribution >= 4 is 27.3 Å². The summed E-state index contributed by atoms with van der Waals surface area (Å²) in [6.45, 7) is 2.82. The van der Waals surface area contributed by atoms with Crippen molar-refractivity contribution in [3.8, 4) is 0 Å². The van der Waals surface area contributed by atoms with Gasteiger partial charge in [0.25, 0.3) is 0 Å². The second kappa shape index (κ2) is 6.17. The molecule has 0 bridgehead atoms. The Bertz CT molecular complexity index is 557. The van der Waals surface area contributed by atoms with Crippen molar-refractivity contribution in [2.75, 3.05) is 11.4 Å². The lowest BCUT2D eigenvalue weighted by Crippen LogP contribution is -2.16. The van der Waals surface area contributed by atoms with Crippen molar-refractivity contribution in [2.45, 2.75) is 13.5 Å². The highest BCUT2D eigenvalue weighted by Crippen LogP contribution is 2.32. The van der Waals surface area contributed by atoms with Crippen LogP contribution in [-0.2, 0) is 6.61 Å². The van der Waals surface area contributed by atoms with Gasteiger partial charge in [0.2, 0.25) is 0 Å². The lowest BCUT2D eigenvalue weighted by atomic mass is 10.2. The number of nitrogens with zero attached hydrogens (tertiary/aromatic N) is 1. The predicted octanol–water partition coefficient (Wildman–Crippen LogP) is 4.24. The van der Waals surface area contributed by atoms with Gasteiger partial charge in [0.1, 0.15) is 5.82 Å².